The number of hydrogen-bond donors (Lipinski definition) is 1. The summed E-state index contributed by atoms with van der Waals surface area (Å²) in [5.41, 5.74) is 1.42. The number of rotatable bonds is 7. The van der Waals surface area contributed by atoms with Gasteiger partial charge in [-0.2, -0.15) is 0 Å². The van der Waals surface area contributed by atoms with Crippen LogP contribution in [0.1, 0.15) is 22.8 Å². The lowest BCUT2D eigenvalue weighted by atomic mass is 10.1. The fourth-order valence-corrected chi connectivity index (χ4v) is 2.23. The third kappa shape index (κ3) is 5.31. The van der Waals surface area contributed by atoms with Crippen molar-refractivity contribution in [3.05, 3.63) is 71.8 Å². The Morgan fingerprint density at radius 2 is 1.69 bits per heavy atom. The standard InChI is InChI=1S/C20H19NO5/c1-2-26-19(23)14-21(17-6-4-3-5-7-17)18(22)13-10-15-8-11-16(12-9-15)20(24)25/h3-13H,2,14H2,1H3,(H,24,25)/b13-10+. The van der Waals surface area contributed by atoms with E-state index in [0.717, 1.165) is 0 Å². The number of amides is 1. The van der Waals surface area contributed by atoms with Crippen LogP contribution in [0, 0.1) is 0 Å². The monoisotopic (exact) mass is 353 g/mol. The van der Waals surface area contributed by atoms with Crippen molar-refractivity contribution in [2.45, 2.75) is 6.92 Å². The van der Waals surface area contributed by atoms with E-state index in [0.29, 0.717) is 11.3 Å². The molecule has 0 aliphatic rings. The molecule has 0 unspecified atom stereocenters. The molecule has 0 fully saturated rings. The number of carboxylic acid groups (broad SMARTS) is 1. The molecule has 134 valence electrons. The zero-order valence-corrected chi connectivity index (χ0v) is 14.3. The van der Waals surface area contributed by atoms with Crippen molar-refractivity contribution < 1.29 is 24.2 Å². The molecule has 2 rings (SSSR count). The summed E-state index contributed by atoms with van der Waals surface area (Å²) in [5.74, 6) is -1.89. The molecule has 6 nitrogen and oxygen atoms in total. The number of anilines is 1. The van der Waals surface area contributed by atoms with Crippen molar-refractivity contribution in [1.29, 1.82) is 0 Å². The molecule has 2 aromatic rings. The number of carbonyl (C=O) groups excluding carboxylic acids is 2. The van der Waals surface area contributed by atoms with E-state index in [-0.39, 0.29) is 24.6 Å². The van der Waals surface area contributed by atoms with Crippen molar-refractivity contribution in [3.8, 4) is 0 Å². The quantitative estimate of drug-likeness (QED) is 0.611. The molecule has 6 heteroatoms. The number of hydrogen-bond acceptors (Lipinski definition) is 4. The van der Waals surface area contributed by atoms with Crippen molar-refractivity contribution in [2.75, 3.05) is 18.1 Å². The van der Waals surface area contributed by atoms with E-state index in [1.807, 2.05) is 6.07 Å². The Morgan fingerprint density at radius 1 is 1.04 bits per heavy atom. The average molecular weight is 353 g/mol. The molecule has 0 aliphatic heterocycles. The second-order valence-corrected chi connectivity index (χ2v) is 5.33. The molecule has 0 radical (unpaired) electrons. The van der Waals surface area contributed by atoms with Crippen LogP contribution in [0.15, 0.2) is 60.7 Å². The largest absolute Gasteiger partial charge is 0.478 e. The molecular formula is C20H19NO5. The van der Waals surface area contributed by atoms with Gasteiger partial charge in [0.2, 0.25) is 0 Å². The van der Waals surface area contributed by atoms with Gasteiger partial charge in [0.25, 0.3) is 5.91 Å². The molecular weight excluding hydrogens is 334 g/mol. The maximum absolute atomic E-state index is 12.6. The molecule has 0 aromatic heterocycles. The van der Waals surface area contributed by atoms with Crippen LogP contribution in [0.5, 0.6) is 0 Å². The maximum Gasteiger partial charge on any atom is 0.335 e. The lowest BCUT2D eigenvalue weighted by Crippen LogP contribution is -2.35. The highest BCUT2D eigenvalue weighted by Crippen LogP contribution is 2.15. The van der Waals surface area contributed by atoms with E-state index in [4.69, 9.17) is 9.84 Å². The smallest absolute Gasteiger partial charge is 0.335 e. The highest BCUT2D eigenvalue weighted by atomic mass is 16.5. The van der Waals surface area contributed by atoms with Crippen LogP contribution in [-0.4, -0.2) is 36.1 Å². The number of para-hydroxylation sites is 1. The van der Waals surface area contributed by atoms with Gasteiger partial charge in [0.15, 0.2) is 0 Å². The van der Waals surface area contributed by atoms with Crippen molar-refractivity contribution in [1.82, 2.24) is 0 Å². The molecule has 26 heavy (non-hydrogen) atoms. The van der Waals surface area contributed by atoms with Gasteiger partial charge in [-0.05, 0) is 42.8 Å². The lowest BCUT2D eigenvalue weighted by Gasteiger charge is -2.20. The van der Waals surface area contributed by atoms with E-state index >= 15 is 0 Å². The van der Waals surface area contributed by atoms with Crippen LogP contribution in [0.3, 0.4) is 0 Å². The normalized spacial score (nSPS) is 10.5. The van der Waals surface area contributed by atoms with Gasteiger partial charge in [-0.3, -0.25) is 14.5 Å². The van der Waals surface area contributed by atoms with Gasteiger partial charge in [0.1, 0.15) is 6.54 Å². The molecule has 0 atom stereocenters. The van der Waals surface area contributed by atoms with Crippen LogP contribution >= 0.6 is 0 Å². The first-order valence-electron chi connectivity index (χ1n) is 8.05. The summed E-state index contributed by atoms with van der Waals surface area (Å²) in [6, 6.07) is 14.9. The Labute approximate surface area is 151 Å². The zero-order chi connectivity index (χ0) is 18.9. The highest BCUT2D eigenvalue weighted by molar-refractivity contribution is 6.06. The highest BCUT2D eigenvalue weighted by Gasteiger charge is 2.17. The van der Waals surface area contributed by atoms with E-state index in [1.54, 1.807) is 49.4 Å². The number of ether oxygens (including phenoxy) is 1. The predicted octanol–water partition coefficient (Wildman–Crippen LogP) is 2.99. The molecule has 0 bridgehead atoms. The Morgan fingerprint density at radius 3 is 2.27 bits per heavy atom. The fraction of sp³-hybridized carbons (Fsp3) is 0.150. The Hall–Kier alpha value is -3.41. The second kappa shape index (κ2) is 9.17. The molecule has 0 saturated carbocycles. The van der Waals surface area contributed by atoms with Crippen LogP contribution in [0.4, 0.5) is 5.69 Å². The fourth-order valence-electron chi connectivity index (χ4n) is 2.23. The first kappa shape index (κ1) is 18.9. The number of nitrogens with zero attached hydrogens (tertiary/aromatic N) is 1. The van der Waals surface area contributed by atoms with Crippen LogP contribution < -0.4 is 4.90 Å². The Balaban J connectivity index is 2.17. The summed E-state index contributed by atoms with van der Waals surface area (Å²) in [5, 5.41) is 8.90. The third-order valence-electron chi connectivity index (χ3n) is 3.50. The van der Waals surface area contributed by atoms with Crippen molar-refractivity contribution in [2.24, 2.45) is 0 Å². The Bertz CT molecular complexity index is 797. The van der Waals surface area contributed by atoms with E-state index < -0.39 is 11.9 Å². The third-order valence-corrected chi connectivity index (χ3v) is 3.50. The predicted molar refractivity (Wildman–Crippen MR) is 97.9 cm³/mol. The molecule has 0 heterocycles. The average Bonchev–Trinajstić information content (AvgIpc) is 2.65. The van der Waals surface area contributed by atoms with Crippen LogP contribution in [0.2, 0.25) is 0 Å². The number of esters is 1. The summed E-state index contributed by atoms with van der Waals surface area (Å²) >= 11 is 0. The molecule has 0 aliphatic carbocycles. The number of carbonyl (C=O) groups is 3. The topological polar surface area (TPSA) is 83.9 Å². The first-order chi connectivity index (χ1) is 12.5. The minimum absolute atomic E-state index is 0.168. The SMILES string of the molecule is CCOC(=O)CN(C(=O)/C=C/c1ccc(C(=O)O)cc1)c1ccccc1. The second-order valence-electron chi connectivity index (χ2n) is 5.33. The molecule has 1 amide bonds. The van der Waals surface area contributed by atoms with Crippen molar-refractivity contribution >= 4 is 29.6 Å². The van der Waals surface area contributed by atoms with Gasteiger partial charge in [0, 0.05) is 11.8 Å². The van der Waals surface area contributed by atoms with Gasteiger partial charge >= 0.3 is 11.9 Å². The summed E-state index contributed by atoms with van der Waals surface area (Å²) < 4.78 is 4.93. The van der Waals surface area contributed by atoms with Gasteiger partial charge < -0.3 is 9.84 Å². The molecule has 1 N–H and O–H groups in total. The zero-order valence-electron chi connectivity index (χ0n) is 14.3. The summed E-state index contributed by atoms with van der Waals surface area (Å²) in [6.07, 6.45) is 2.90. The van der Waals surface area contributed by atoms with Gasteiger partial charge in [-0.1, -0.05) is 30.3 Å². The minimum atomic E-state index is -1.01. The number of benzene rings is 2. The number of carboxylic acids is 1. The summed E-state index contributed by atoms with van der Waals surface area (Å²) in [4.78, 5) is 36.6. The maximum atomic E-state index is 12.6. The molecule has 0 saturated heterocycles. The first-order valence-corrected chi connectivity index (χ1v) is 8.05. The minimum Gasteiger partial charge on any atom is -0.478 e. The Kier molecular flexibility index (Phi) is 6.68. The lowest BCUT2D eigenvalue weighted by molar-refractivity contribution is -0.142. The van der Waals surface area contributed by atoms with Crippen LogP contribution in [0.25, 0.3) is 6.08 Å². The van der Waals surface area contributed by atoms with Gasteiger partial charge in [-0.15, -0.1) is 0 Å². The molecule has 0 spiro atoms. The van der Waals surface area contributed by atoms with Gasteiger partial charge in [0.05, 0.1) is 12.2 Å². The van der Waals surface area contributed by atoms with E-state index in [1.165, 1.54) is 23.1 Å². The molecule has 2 aromatic carbocycles. The van der Waals surface area contributed by atoms with Crippen LogP contribution in [-0.2, 0) is 14.3 Å². The van der Waals surface area contributed by atoms with Crippen molar-refractivity contribution in [3.63, 3.8) is 0 Å². The summed E-state index contributed by atoms with van der Waals surface area (Å²) in [6.45, 7) is 1.74. The van der Waals surface area contributed by atoms with Gasteiger partial charge in [-0.25, -0.2) is 4.79 Å². The van der Waals surface area contributed by atoms with E-state index in [9.17, 15) is 14.4 Å². The van der Waals surface area contributed by atoms with E-state index in [2.05, 4.69) is 0 Å². The number of aromatic carboxylic acids is 1. The summed E-state index contributed by atoms with van der Waals surface area (Å²) in [7, 11) is 0.